The number of carbonyl (C=O) groups is 1. The third-order valence-electron chi connectivity index (χ3n) is 5.12. The highest BCUT2D eigenvalue weighted by atomic mass is 32.2. The number of piperidine rings is 1. The molecule has 0 radical (unpaired) electrons. The summed E-state index contributed by atoms with van der Waals surface area (Å²) in [7, 11) is -0.911. The topological polar surface area (TPSA) is 66.1 Å². The number of likely N-dealkylation sites (tertiary alicyclic amines) is 1. The number of aromatic amines is 1. The SMILES string of the molecule is CS(=O)Cc1cccc(C(=O)N2CCC(c3nc4ccccc4[nH]3)CC2)c1. The highest BCUT2D eigenvalue weighted by molar-refractivity contribution is 7.83. The average molecular weight is 382 g/mol. The standard InChI is InChI=1S/C21H23N3O2S/c1-27(26)14-15-5-4-6-17(13-15)21(25)24-11-9-16(10-12-24)20-22-18-7-2-3-8-19(18)23-20/h2-8,13,16H,9-12,14H2,1H3,(H,22,23). The summed E-state index contributed by atoms with van der Waals surface area (Å²) >= 11 is 0. The fraction of sp³-hybridized carbons (Fsp3) is 0.333. The van der Waals surface area contributed by atoms with Gasteiger partial charge in [0.15, 0.2) is 0 Å². The van der Waals surface area contributed by atoms with Gasteiger partial charge in [-0.2, -0.15) is 0 Å². The van der Waals surface area contributed by atoms with Crippen LogP contribution in [-0.4, -0.2) is 44.3 Å². The molecule has 3 aromatic rings. The molecule has 27 heavy (non-hydrogen) atoms. The molecule has 4 rings (SSSR count). The summed E-state index contributed by atoms with van der Waals surface area (Å²) < 4.78 is 11.4. The van der Waals surface area contributed by atoms with Crippen molar-refractivity contribution in [3.63, 3.8) is 0 Å². The molecule has 1 aliphatic heterocycles. The number of hydrogen-bond donors (Lipinski definition) is 1. The van der Waals surface area contributed by atoms with Crippen LogP contribution in [0.3, 0.4) is 0 Å². The van der Waals surface area contributed by atoms with Gasteiger partial charge >= 0.3 is 0 Å². The number of nitrogens with one attached hydrogen (secondary N) is 1. The van der Waals surface area contributed by atoms with Crippen LogP contribution in [0.2, 0.25) is 0 Å². The zero-order chi connectivity index (χ0) is 18.8. The zero-order valence-corrected chi connectivity index (χ0v) is 16.2. The number of rotatable bonds is 4. The zero-order valence-electron chi connectivity index (χ0n) is 15.4. The lowest BCUT2D eigenvalue weighted by Gasteiger charge is -2.31. The number of carbonyl (C=O) groups excluding carboxylic acids is 1. The molecule has 1 amide bonds. The van der Waals surface area contributed by atoms with E-state index < -0.39 is 10.8 Å². The van der Waals surface area contributed by atoms with E-state index in [0.29, 0.717) is 17.2 Å². The smallest absolute Gasteiger partial charge is 0.253 e. The molecule has 0 spiro atoms. The van der Waals surface area contributed by atoms with Gasteiger partial charge < -0.3 is 9.88 Å². The molecule has 0 bridgehead atoms. The van der Waals surface area contributed by atoms with Crippen LogP contribution in [0, 0.1) is 0 Å². The Morgan fingerprint density at radius 2 is 1.96 bits per heavy atom. The molecular weight excluding hydrogens is 358 g/mol. The van der Waals surface area contributed by atoms with Gasteiger partial charge in [-0.1, -0.05) is 24.3 Å². The summed E-state index contributed by atoms with van der Waals surface area (Å²) in [6, 6.07) is 15.6. The number of amides is 1. The van der Waals surface area contributed by atoms with E-state index in [1.54, 1.807) is 6.26 Å². The molecule has 2 heterocycles. The minimum Gasteiger partial charge on any atom is -0.342 e. The van der Waals surface area contributed by atoms with Gasteiger partial charge in [0.2, 0.25) is 0 Å². The van der Waals surface area contributed by atoms with Gasteiger partial charge in [0.1, 0.15) is 5.82 Å². The first kappa shape index (κ1) is 17.9. The molecule has 0 aliphatic carbocycles. The Hall–Kier alpha value is -2.47. The number of imidazole rings is 1. The maximum atomic E-state index is 12.8. The Kier molecular flexibility index (Phi) is 5.07. The highest BCUT2D eigenvalue weighted by Gasteiger charge is 2.26. The van der Waals surface area contributed by atoms with E-state index in [4.69, 9.17) is 4.98 Å². The van der Waals surface area contributed by atoms with Gasteiger partial charge in [-0.15, -0.1) is 0 Å². The summed E-state index contributed by atoms with van der Waals surface area (Å²) in [6.45, 7) is 1.45. The first-order chi connectivity index (χ1) is 13.1. The Bertz CT molecular complexity index is 957. The van der Waals surface area contributed by atoms with Crippen LogP contribution in [0.1, 0.15) is 40.5 Å². The van der Waals surface area contributed by atoms with Crippen molar-refractivity contribution in [3.05, 3.63) is 65.5 Å². The third kappa shape index (κ3) is 3.95. The molecule has 6 heteroatoms. The lowest BCUT2D eigenvalue weighted by atomic mass is 9.95. The molecule has 1 fully saturated rings. The number of hydrogen-bond acceptors (Lipinski definition) is 3. The van der Waals surface area contributed by atoms with Crippen molar-refractivity contribution in [1.82, 2.24) is 14.9 Å². The van der Waals surface area contributed by atoms with E-state index in [9.17, 15) is 9.00 Å². The number of H-pyrrole nitrogens is 1. The van der Waals surface area contributed by atoms with Gasteiger partial charge in [0, 0.05) is 47.4 Å². The summed E-state index contributed by atoms with van der Waals surface area (Å²) in [5.74, 6) is 1.92. The predicted molar refractivity (Wildman–Crippen MR) is 108 cm³/mol. The number of fused-ring (bicyclic) bond motifs is 1. The van der Waals surface area contributed by atoms with E-state index in [1.165, 1.54) is 0 Å². The number of para-hydroxylation sites is 2. The molecule has 1 N–H and O–H groups in total. The predicted octanol–water partition coefficient (Wildman–Crippen LogP) is 3.46. The van der Waals surface area contributed by atoms with E-state index in [0.717, 1.165) is 48.4 Å². The average Bonchev–Trinajstić information content (AvgIpc) is 3.11. The Labute approximate surface area is 161 Å². The molecule has 1 aliphatic rings. The molecule has 140 valence electrons. The van der Waals surface area contributed by atoms with Gasteiger partial charge in [-0.3, -0.25) is 9.00 Å². The lowest BCUT2D eigenvalue weighted by Crippen LogP contribution is -2.38. The summed E-state index contributed by atoms with van der Waals surface area (Å²) in [5.41, 5.74) is 3.69. The minimum atomic E-state index is -0.911. The van der Waals surface area contributed by atoms with Crippen LogP contribution in [0.15, 0.2) is 48.5 Å². The summed E-state index contributed by atoms with van der Waals surface area (Å²) in [5, 5.41) is 0. The van der Waals surface area contributed by atoms with Gasteiger partial charge in [-0.05, 0) is 42.7 Å². The third-order valence-corrected chi connectivity index (χ3v) is 5.86. The second-order valence-corrected chi connectivity index (χ2v) is 8.56. The first-order valence-corrected chi connectivity index (χ1v) is 11.0. The fourth-order valence-electron chi connectivity index (χ4n) is 3.73. The Balaban J connectivity index is 1.42. The highest BCUT2D eigenvalue weighted by Crippen LogP contribution is 2.28. The molecule has 0 saturated carbocycles. The molecule has 1 atom stereocenters. The number of nitrogens with zero attached hydrogens (tertiary/aromatic N) is 2. The molecule has 5 nitrogen and oxygen atoms in total. The Morgan fingerprint density at radius 1 is 1.19 bits per heavy atom. The quantitative estimate of drug-likeness (QED) is 0.753. The van der Waals surface area contributed by atoms with E-state index >= 15 is 0 Å². The van der Waals surface area contributed by atoms with Crippen molar-refractivity contribution >= 4 is 27.7 Å². The molecular formula is C21H23N3O2S. The minimum absolute atomic E-state index is 0.0572. The van der Waals surface area contributed by atoms with Crippen LogP contribution in [0.5, 0.6) is 0 Å². The van der Waals surface area contributed by atoms with Gasteiger partial charge in [0.05, 0.1) is 11.0 Å². The second-order valence-electron chi connectivity index (χ2n) is 7.12. The fourth-order valence-corrected chi connectivity index (χ4v) is 4.38. The van der Waals surface area contributed by atoms with E-state index in [2.05, 4.69) is 4.98 Å². The van der Waals surface area contributed by atoms with Crippen molar-refractivity contribution in [2.24, 2.45) is 0 Å². The van der Waals surface area contributed by atoms with Crippen molar-refractivity contribution in [1.29, 1.82) is 0 Å². The van der Waals surface area contributed by atoms with Crippen molar-refractivity contribution in [2.75, 3.05) is 19.3 Å². The molecule has 1 saturated heterocycles. The van der Waals surface area contributed by atoms with Crippen LogP contribution in [0.4, 0.5) is 0 Å². The lowest BCUT2D eigenvalue weighted by molar-refractivity contribution is 0.0711. The monoisotopic (exact) mass is 381 g/mol. The normalized spacial score (nSPS) is 16.6. The maximum absolute atomic E-state index is 12.8. The van der Waals surface area contributed by atoms with E-state index in [-0.39, 0.29) is 5.91 Å². The molecule has 1 unspecified atom stereocenters. The Morgan fingerprint density at radius 3 is 2.70 bits per heavy atom. The van der Waals surface area contributed by atoms with Crippen LogP contribution in [0.25, 0.3) is 11.0 Å². The molecule has 1 aromatic heterocycles. The summed E-state index contributed by atoms with van der Waals surface area (Å²) in [4.78, 5) is 22.9. The van der Waals surface area contributed by atoms with Gasteiger partial charge in [0.25, 0.3) is 5.91 Å². The van der Waals surface area contributed by atoms with Crippen LogP contribution in [-0.2, 0) is 16.6 Å². The number of benzene rings is 2. The van der Waals surface area contributed by atoms with Crippen LogP contribution < -0.4 is 0 Å². The van der Waals surface area contributed by atoms with Crippen LogP contribution >= 0.6 is 0 Å². The van der Waals surface area contributed by atoms with Crippen molar-refractivity contribution in [2.45, 2.75) is 24.5 Å². The largest absolute Gasteiger partial charge is 0.342 e. The maximum Gasteiger partial charge on any atom is 0.253 e. The van der Waals surface area contributed by atoms with E-state index in [1.807, 2.05) is 53.4 Å². The van der Waals surface area contributed by atoms with Gasteiger partial charge in [-0.25, -0.2) is 4.98 Å². The van der Waals surface area contributed by atoms with Crippen molar-refractivity contribution < 1.29 is 9.00 Å². The second kappa shape index (κ2) is 7.64. The summed E-state index contributed by atoms with van der Waals surface area (Å²) in [6.07, 6.45) is 3.49. The number of aromatic nitrogens is 2. The van der Waals surface area contributed by atoms with Crippen molar-refractivity contribution in [3.8, 4) is 0 Å². The first-order valence-electron chi connectivity index (χ1n) is 9.23. The molecule has 2 aromatic carbocycles.